The van der Waals surface area contributed by atoms with Crippen molar-refractivity contribution in [1.29, 1.82) is 0 Å². The summed E-state index contributed by atoms with van der Waals surface area (Å²) in [6.45, 7) is 2.94. The molecule has 104 valence electrons. The Labute approximate surface area is 108 Å². The molecule has 19 heavy (non-hydrogen) atoms. The van der Waals surface area contributed by atoms with Crippen molar-refractivity contribution in [2.24, 2.45) is 12.8 Å². The molecule has 9 heteroatoms. The van der Waals surface area contributed by atoms with E-state index in [0.29, 0.717) is 5.69 Å². The standard InChI is InChI=1S/C10H15N5O4/c1-4-6(11)7(15(3)14-4)9(17)19-5(2)8(16)13-10(12)18/h5H,11H2,1-3H3,(H3,12,13,16,18). The second-order valence-electron chi connectivity index (χ2n) is 3.87. The van der Waals surface area contributed by atoms with Gasteiger partial charge in [-0.25, -0.2) is 9.59 Å². The molecular formula is C10H15N5O4. The fourth-order valence-electron chi connectivity index (χ4n) is 1.41. The molecule has 9 nitrogen and oxygen atoms in total. The first-order chi connectivity index (χ1) is 8.73. The average Bonchev–Trinajstić information content (AvgIpc) is 2.51. The van der Waals surface area contributed by atoms with E-state index in [4.69, 9.17) is 16.2 Å². The smallest absolute Gasteiger partial charge is 0.359 e. The topological polar surface area (TPSA) is 142 Å². The summed E-state index contributed by atoms with van der Waals surface area (Å²) in [5, 5.41) is 5.75. The lowest BCUT2D eigenvalue weighted by Crippen LogP contribution is -2.42. The van der Waals surface area contributed by atoms with Crippen LogP contribution in [-0.4, -0.2) is 33.8 Å². The highest BCUT2D eigenvalue weighted by Gasteiger charge is 2.24. The second-order valence-corrected chi connectivity index (χ2v) is 3.87. The second kappa shape index (κ2) is 5.38. The number of imide groups is 1. The maximum atomic E-state index is 11.8. The van der Waals surface area contributed by atoms with Crippen LogP contribution in [-0.2, 0) is 16.6 Å². The third-order valence-corrected chi connectivity index (χ3v) is 2.36. The molecular weight excluding hydrogens is 254 g/mol. The summed E-state index contributed by atoms with van der Waals surface area (Å²) in [6.07, 6.45) is -1.19. The Hall–Kier alpha value is -2.58. The van der Waals surface area contributed by atoms with Gasteiger partial charge in [0.25, 0.3) is 5.91 Å². The number of rotatable bonds is 3. The summed E-state index contributed by atoms with van der Waals surface area (Å²) < 4.78 is 6.13. The van der Waals surface area contributed by atoms with E-state index in [2.05, 4.69) is 5.10 Å². The molecule has 1 rings (SSSR count). The number of carbonyl (C=O) groups excluding carboxylic acids is 3. The highest BCUT2D eigenvalue weighted by atomic mass is 16.5. The molecule has 0 aromatic carbocycles. The minimum absolute atomic E-state index is 0.0382. The van der Waals surface area contributed by atoms with Gasteiger partial charge >= 0.3 is 12.0 Å². The van der Waals surface area contributed by atoms with Gasteiger partial charge in [0.1, 0.15) is 0 Å². The summed E-state index contributed by atoms with van der Waals surface area (Å²) in [5.74, 6) is -1.63. The lowest BCUT2D eigenvalue weighted by Gasteiger charge is -2.12. The van der Waals surface area contributed by atoms with Crippen LogP contribution < -0.4 is 16.8 Å². The largest absolute Gasteiger partial charge is 0.448 e. The Morgan fingerprint density at radius 2 is 2.00 bits per heavy atom. The number of anilines is 1. The quantitative estimate of drug-likeness (QED) is 0.604. The maximum absolute atomic E-state index is 11.8. The lowest BCUT2D eigenvalue weighted by atomic mass is 10.3. The Kier molecular flexibility index (Phi) is 4.10. The number of hydrogen-bond donors (Lipinski definition) is 3. The molecule has 1 unspecified atom stereocenters. The fourth-order valence-corrected chi connectivity index (χ4v) is 1.41. The first-order valence-corrected chi connectivity index (χ1v) is 5.34. The number of nitrogens with two attached hydrogens (primary N) is 2. The minimum atomic E-state index is -1.19. The maximum Gasteiger partial charge on any atom is 0.359 e. The Balaban J connectivity index is 2.80. The number of ether oxygens (including phenoxy) is 1. The molecule has 0 bridgehead atoms. The average molecular weight is 269 g/mol. The zero-order valence-corrected chi connectivity index (χ0v) is 10.8. The van der Waals surface area contributed by atoms with Crippen LogP contribution in [0, 0.1) is 6.92 Å². The van der Waals surface area contributed by atoms with Crippen LogP contribution in [0.3, 0.4) is 0 Å². The van der Waals surface area contributed by atoms with Gasteiger partial charge in [-0.15, -0.1) is 0 Å². The molecule has 0 saturated heterocycles. The number of urea groups is 1. The van der Waals surface area contributed by atoms with E-state index in [0.717, 1.165) is 0 Å². The number of esters is 1. The van der Waals surface area contributed by atoms with Gasteiger partial charge < -0.3 is 16.2 Å². The van der Waals surface area contributed by atoms with Gasteiger partial charge in [0.2, 0.25) is 0 Å². The summed E-state index contributed by atoms with van der Waals surface area (Å²) in [6, 6.07) is -1.02. The van der Waals surface area contributed by atoms with E-state index in [1.165, 1.54) is 18.7 Å². The first kappa shape index (κ1) is 14.5. The zero-order valence-electron chi connectivity index (χ0n) is 10.8. The van der Waals surface area contributed by atoms with Crippen LogP contribution in [0.5, 0.6) is 0 Å². The van der Waals surface area contributed by atoms with Crippen LogP contribution in [0.1, 0.15) is 23.1 Å². The number of amides is 3. The van der Waals surface area contributed by atoms with Crippen molar-refractivity contribution in [2.45, 2.75) is 20.0 Å². The summed E-state index contributed by atoms with van der Waals surface area (Å²) in [5.41, 5.74) is 11.1. The zero-order chi connectivity index (χ0) is 14.7. The monoisotopic (exact) mass is 269 g/mol. The molecule has 0 spiro atoms. The predicted molar refractivity (Wildman–Crippen MR) is 65.0 cm³/mol. The summed E-state index contributed by atoms with van der Waals surface area (Å²) in [4.78, 5) is 33.7. The van der Waals surface area contributed by atoms with E-state index < -0.39 is 24.0 Å². The van der Waals surface area contributed by atoms with Crippen molar-refractivity contribution < 1.29 is 19.1 Å². The number of carbonyl (C=O) groups is 3. The number of primary amides is 1. The van der Waals surface area contributed by atoms with Crippen LogP contribution in [0.25, 0.3) is 0 Å². The lowest BCUT2D eigenvalue weighted by molar-refractivity contribution is -0.127. The number of aromatic nitrogens is 2. The van der Waals surface area contributed by atoms with Crippen LogP contribution >= 0.6 is 0 Å². The van der Waals surface area contributed by atoms with Crippen molar-refractivity contribution in [3.63, 3.8) is 0 Å². The Morgan fingerprint density at radius 1 is 1.42 bits per heavy atom. The molecule has 1 atom stereocenters. The third kappa shape index (κ3) is 3.21. The number of nitrogens with one attached hydrogen (secondary N) is 1. The van der Waals surface area contributed by atoms with E-state index in [1.807, 2.05) is 0 Å². The van der Waals surface area contributed by atoms with Gasteiger partial charge in [-0.05, 0) is 13.8 Å². The number of nitrogens with zero attached hydrogens (tertiary/aromatic N) is 2. The van der Waals surface area contributed by atoms with E-state index in [-0.39, 0.29) is 11.4 Å². The highest BCUT2D eigenvalue weighted by molar-refractivity contribution is 5.99. The number of hydrogen-bond acceptors (Lipinski definition) is 6. The fraction of sp³-hybridized carbons (Fsp3) is 0.400. The van der Waals surface area contributed by atoms with Gasteiger partial charge in [-0.1, -0.05) is 0 Å². The highest BCUT2D eigenvalue weighted by Crippen LogP contribution is 2.16. The predicted octanol–water partition coefficient (Wildman–Crippen LogP) is -0.949. The number of aryl methyl sites for hydroxylation is 2. The van der Waals surface area contributed by atoms with Crippen molar-refractivity contribution in [2.75, 3.05) is 5.73 Å². The van der Waals surface area contributed by atoms with Crippen molar-refractivity contribution in [1.82, 2.24) is 15.1 Å². The molecule has 1 aromatic rings. The molecule has 0 fully saturated rings. The number of nitrogen functional groups attached to an aromatic ring is 1. The third-order valence-electron chi connectivity index (χ3n) is 2.36. The van der Waals surface area contributed by atoms with Gasteiger partial charge in [-0.3, -0.25) is 14.8 Å². The molecule has 1 aromatic heterocycles. The molecule has 0 aliphatic rings. The Bertz CT molecular complexity index is 536. The molecule has 0 radical (unpaired) electrons. The molecule has 0 aliphatic carbocycles. The summed E-state index contributed by atoms with van der Waals surface area (Å²) in [7, 11) is 1.52. The molecule has 5 N–H and O–H groups in total. The van der Waals surface area contributed by atoms with Gasteiger partial charge in [0.15, 0.2) is 11.8 Å². The SMILES string of the molecule is Cc1nn(C)c(C(=O)OC(C)C(=O)NC(N)=O)c1N. The van der Waals surface area contributed by atoms with E-state index in [1.54, 1.807) is 12.2 Å². The van der Waals surface area contributed by atoms with Crippen LogP contribution in [0.15, 0.2) is 0 Å². The van der Waals surface area contributed by atoms with E-state index in [9.17, 15) is 14.4 Å². The molecule has 0 aliphatic heterocycles. The van der Waals surface area contributed by atoms with Gasteiger partial charge in [-0.2, -0.15) is 5.10 Å². The molecule has 0 saturated carbocycles. The molecule has 3 amide bonds. The molecule has 1 heterocycles. The van der Waals surface area contributed by atoms with Crippen LogP contribution in [0.2, 0.25) is 0 Å². The van der Waals surface area contributed by atoms with E-state index >= 15 is 0 Å². The van der Waals surface area contributed by atoms with Gasteiger partial charge in [0.05, 0.1) is 11.4 Å². The van der Waals surface area contributed by atoms with Crippen molar-refractivity contribution in [3.8, 4) is 0 Å². The normalized spacial score (nSPS) is 11.7. The summed E-state index contributed by atoms with van der Waals surface area (Å²) >= 11 is 0. The minimum Gasteiger partial charge on any atom is -0.448 e. The first-order valence-electron chi connectivity index (χ1n) is 5.34. The van der Waals surface area contributed by atoms with Gasteiger partial charge in [0, 0.05) is 7.05 Å². The van der Waals surface area contributed by atoms with Crippen LogP contribution in [0.4, 0.5) is 10.5 Å². The Morgan fingerprint density at radius 3 is 2.42 bits per heavy atom. The van der Waals surface area contributed by atoms with Crippen molar-refractivity contribution in [3.05, 3.63) is 11.4 Å². The van der Waals surface area contributed by atoms with Crippen molar-refractivity contribution >= 4 is 23.6 Å².